The summed E-state index contributed by atoms with van der Waals surface area (Å²) in [6.45, 7) is 7.11. The molecule has 1 aromatic rings. The summed E-state index contributed by atoms with van der Waals surface area (Å²) >= 11 is 0. The van der Waals surface area contributed by atoms with Gasteiger partial charge in [0.1, 0.15) is 11.4 Å². The van der Waals surface area contributed by atoms with Gasteiger partial charge in [-0.2, -0.15) is 0 Å². The second-order valence-corrected chi connectivity index (χ2v) is 7.32. The Kier molecular flexibility index (Phi) is 5.87. The summed E-state index contributed by atoms with van der Waals surface area (Å²) in [6, 6.07) is 3.65. The number of hydrogen-bond acceptors (Lipinski definition) is 4. The van der Waals surface area contributed by atoms with Crippen molar-refractivity contribution in [1.82, 2.24) is 4.90 Å². The van der Waals surface area contributed by atoms with E-state index >= 15 is 0 Å². The number of piperidine rings is 1. The van der Waals surface area contributed by atoms with Crippen LogP contribution in [0.5, 0.6) is 0 Å². The molecule has 0 spiro atoms. The van der Waals surface area contributed by atoms with E-state index in [-0.39, 0.29) is 23.3 Å². The highest BCUT2D eigenvalue weighted by molar-refractivity contribution is 5.88. The lowest BCUT2D eigenvalue weighted by Crippen LogP contribution is -2.44. The molecule has 25 heavy (non-hydrogen) atoms. The summed E-state index contributed by atoms with van der Waals surface area (Å²) < 4.78 is 19.2. The number of rotatable bonds is 4. The number of anilines is 1. The van der Waals surface area contributed by atoms with Gasteiger partial charge in [0, 0.05) is 19.6 Å². The molecule has 138 valence electrons. The summed E-state index contributed by atoms with van der Waals surface area (Å²) in [4.78, 5) is 24.8. The van der Waals surface area contributed by atoms with E-state index in [1.165, 1.54) is 12.1 Å². The minimum atomic E-state index is -1.10. The van der Waals surface area contributed by atoms with E-state index in [9.17, 15) is 14.0 Å². The molecular formula is C18H25FN2O4. The van der Waals surface area contributed by atoms with Crippen molar-refractivity contribution in [3.05, 3.63) is 29.6 Å². The SMILES string of the molecule is CC(C)(C)OC(=O)N1CCCC(CNc2cc(C(=O)O)ccc2F)C1. The van der Waals surface area contributed by atoms with Gasteiger partial charge in [0.15, 0.2) is 0 Å². The van der Waals surface area contributed by atoms with E-state index in [0.717, 1.165) is 18.9 Å². The van der Waals surface area contributed by atoms with E-state index in [2.05, 4.69) is 5.32 Å². The summed E-state index contributed by atoms with van der Waals surface area (Å²) in [6.07, 6.45) is 1.42. The second kappa shape index (κ2) is 7.72. The first-order chi connectivity index (χ1) is 11.7. The van der Waals surface area contributed by atoms with Crippen molar-refractivity contribution in [3.8, 4) is 0 Å². The van der Waals surface area contributed by atoms with Crippen LogP contribution in [0.1, 0.15) is 44.0 Å². The fourth-order valence-electron chi connectivity index (χ4n) is 2.77. The molecule has 2 rings (SSSR count). The minimum absolute atomic E-state index is 0.0305. The molecule has 1 aromatic carbocycles. The Labute approximate surface area is 147 Å². The van der Waals surface area contributed by atoms with Gasteiger partial charge in [-0.3, -0.25) is 0 Å². The maximum atomic E-state index is 13.8. The van der Waals surface area contributed by atoms with Crippen LogP contribution in [0, 0.1) is 11.7 Å². The molecule has 2 N–H and O–H groups in total. The summed E-state index contributed by atoms with van der Waals surface area (Å²) in [5.74, 6) is -1.45. The molecular weight excluding hydrogens is 327 g/mol. The third-order valence-corrected chi connectivity index (χ3v) is 3.97. The largest absolute Gasteiger partial charge is 0.478 e. The van der Waals surface area contributed by atoms with Crippen molar-refractivity contribution in [2.75, 3.05) is 25.0 Å². The van der Waals surface area contributed by atoms with Gasteiger partial charge in [-0.15, -0.1) is 0 Å². The molecule has 1 aliphatic rings. The van der Waals surface area contributed by atoms with Gasteiger partial charge < -0.3 is 20.1 Å². The zero-order chi connectivity index (χ0) is 18.6. The summed E-state index contributed by atoms with van der Waals surface area (Å²) in [7, 11) is 0. The molecule has 1 unspecified atom stereocenters. The summed E-state index contributed by atoms with van der Waals surface area (Å²) in [5.41, 5.74) is -0.347. The van der Waals surface area contributed by atoms with Crippen molar-refractivity contribution in [2.45, 2.75) is 39.2 Å². The topological polar surface area (TPSA) is 78.9 Å². The molecule has 0 aliphatic carbocycles. The Morgan fingerprint density at radius 1 is 1.40 bits per heavy atom. The van der Waals surface area contributed by atoms with Crippen LogP contribution in [-0.2, 0) is 4.74 Å². The van der Waals surface area contributed by atoms with Gasteiger partial charge in [0.05, 0.1) is 11.3 Å². The highest BCUT2D eigenvalue weighted by atomic mass is 19.1. The Balaban J connectivity index is 1.94. The lowest BCUT2D eigenvalue weighted by Gasteiger charge is -2.34. The monoisotopic (exact) mass is 352 g/mol. The predicted molar refractivity (Wildman–Crippen MR) is 92.4 cm³/mol. The van der Waals surface area contributed by atoms with E-state index in [1.807, 2.05) is 20.8 Å². The summed E-state index contributed by atoms with van der Waals surface area (Å²) in [5, 5.41) is 12.0. The standard InChI is InChI=1S/C18H25FN2O4/c1-18(2,3)25-17(24)21-8-4-5-12(11-21)10-20-15-9-13(16(22)23)6-7-14(15)19/h6-7,9,12,20H,4-5,8,10-11H2,1-3H3,(H,22,23). The van der Waals surface area contributed by atoms with Crippen LogP contribution in [0.4, 0.5) is 14.9 Å². The van der Waals surface area contributed by atoms with Crippen LogP contribution < -0.4 is 5.32 Å². The molecule has 1 saturated heterocycles. The van der Waals surface area contributed by atoms with Crippen LogP contribution in [-0.4, -0.2) is 47.3 Å². The molecule has 1 heterocycles. The lowest BCUT2D eigenvalue weighted by molar-refractivity contribution is 0.0172. The number of carbonyl (C=O) groups is 2. The number of amides is 1. The smallest absolute Gasteiger partial charge is 0.410 e. The molecule has 1 atom stereocenters. The first-order valence-electron chi connectivity index (χ1n) is 8.40. The highest BCUT2D eigenvalue weighted by Crippen LogP contribution is 2.22. The Bertz CT molecular complexity index is 642. The maximum absolute atomic E-state index is 13.8. The van der Waals surface area contributed by atoms with E-state index in [1.54, 1.807) is 4.90 Å². The number of ether oxygens (including phenoxy) is 1. The quantitative estimate of drug-likeness (QED) is 0.866. The van der Waals surface area contributed by atoms with Crippen LogP contribution in [0.25, 0.3) is 0 Å². The fourth-order valence-corrected chi connectivity index (χ4v) is 2.77. The van der Waals surface area contributed by atoms with E-state index in [0.29, 0.717) is 19.6 Å². The number of likely N-dealkylation sites (tertiary alicyclic amines) is 1. The van der Waals surface area contributed by atoms with Crippen molar-refractivity contribution in [1.29, 1.82) is 0 Å². The molecule has 0 radical (unpaired) electrons. The van der Waals surface area contributed by atoms with E-state index < -0.39 is 17.4 Å². The van der Waals surface area contributed by atoms with Gasteiger partial charge in [0.2, 0.25) is 0 Å². The van der Waals surface area contributed by atoms with Crippen LogP contribution in [0.3, 0.4) is 0 Å². The van der Waals surface area contributed by atoms with Crippen molar-refractivity contribution >= 4 is 17.7 Å². The van der Waals surface area contributed by atoms with Gasteiger partial charge in [-0.25, -0.2) is 14.0 Å². The molecule has 1 amide bonds. The molecule has 0 bridgehead atoms. The molecule has 6 nitrogen and oxygen atoms in total. The molecule has 7 heteroatoms. The third kappa shape index (κ3) is 5.62. The zero-order valence-electron chi connectivity index (χ0n) is 14.8. The van der Waals surface area contributed by atoms with Gasteiger partial charge >= 0.3 is 12.1 Å². The highest BCUT2D eigenvalue weighted by Gasteiger charge is 2.27. The van der Waals surface area contributed by atoms with Crippen LogP contribution >= 0.6 is 0 Å². The molecule has 1 aliphatic heterocycles. The minimum Gasteiger partial charge on any atom is -0.478 e. The molecule has 0 aromatic heterocycles. The number of halogens is 1. The molecule has 0 saturated carbocycles. The normalized spacial score (nSPS) is 17.9. The maximum Gasteiger partial charge on any atom is 0.410 e. The average molecular weight is 352 g/mol. The Morgan fingerprint density at radius 2 is 2.12 bits per heavy atom. The second-order valence-electron chi connectivity index (χ2n) is 7.32. The average Bonchev–Trinajstić information content (AvgIpc) is 2.52. The first-order valence-corrected chi connectivity index (χ1v) is 8.40. The number of nitrogens with one attached hydrogen (secondary N) is 1. The number of carboxylic acid groups (broad SMARTS) is 1. The number of carboxylic acids is 1. The van der Waals surface area contributed by atoms with Crippen molar-refractivity contribution < 1.29 is 23.8 Å². The predicted octanol–water partition coefficient (Wildman–Crippen LogP) is 3.58. The van der Waals surface area contributed by atoms with Gasteiger partial charge in [-0.05, 0) is 57.7 Å². The van der Waals surface area contributed by atoms with Crippen LogP contribution in [0.2, 0.25) is 0 Å². The van der Waals surface area contributed by atoms with Crippen molar-refractivity contribution in [2.24, 2.45) is 5.92 Å². The van der Waals surface area contributed by atoms with Crippen LogP contribution in [0.15, 0.2) is 18.2 Å². The Morgan fingerprint density at radius 3 is 2.76 bits per heavy atom. The fraction of sp³-hybridized carbons (Fsp3) is 0.556. The number of nitrogens with zero attached hydrogens (tertiary/aromatic N) is 1. The zero-order valence-corrected chi connectivity index (χ0v) is 14.8. The molecule has 1 fully saturated rings. The number of hydrogen-bond donors (Lipinski definition) is 2. The van der Waals surface area contributed by atoms with Crippen molar-refractivity contribution in [3.63, 3.8) is 0 Å². The van der Waals surface area contributed by atoms with Gasteiger partial charge in [0.25, 0.3) is 0 Å². The number of benzene rings is 1. The lowest BCUT2D eigenvalue weighted by atomic mass is 9.98. The number of aromatic carboxylic acids is 1. The Hall–Kier alpha value is -2.31. The third-order valence-electron chi connectivity index (χ3n) is 3.97. The van der Waals surface area contributed by atoms with Gasteiger partial charge in [-0.1, -0.05) is 0 Å². The van der Waals surface area contributed by atoms with E-state index in [4.69, 9.17) is 9.84 Å². The first kappa shape index (κ1) is 19.0. The number of carbonyl (C=O) groups excluding carboxylic acids is 1.